The zero-order valence-corrected chi connectivity index (χ0v) is 15.9. The third-order valence-corrected chi connectivity index (χ3v) is 3.52. The Bertz CT molecular complexity index is 794. The molecule has 0 atom stereocenters. The quantitative estimate of drug-likeness (QED) is 0.438. The van der Waals surface area contributed by atoms with Gasteiger partial charge in [0.15, 0.2) is 13.2 Å². The Morgan fingerprint density at radius 1 is 0.852 bits per heavy atom. The second kappa shape index (κ2) is 10.0. The summed E-state index contributed by atoms with van der Waals surface area (Å²) in [4.78, 5) is 19.1. The summed E-state index contributed by atoms with van der Waals surface area (Å²) >= 11 is 0. The molecule has 2 aromatic rings. The van der Waals surface area contributed by atoms with Gasteiger partial charge in [0.05, 0.1) is 11.4 Å². The third-order valence-electron chi connectivity index (χ3n) is 3.52. The standard InChI is InChI=1S/C19H23N5O3/c1-13-7-5-9-18(20-13)15(3)23-26-11-17(22-25)12-27-24-16(4)19-10-6-8-14(2)21-19/h5-10,25H,11-12H2,1-4H3/b23-15+,24-16+. The molecule has 0 aromatic carbocycles. The molecule has 0 bridgehead atoms. The molecule has 0 amide bonds. The SMILES string of the molecule is C/C(=N\OCC(CO/N=C(\C)c1cccc(C)n1)=NO)c1cccc(C)n1. The fourth-order valence-corrected chi connectivity index (χ4v) is 2.09. The number of aryl methyl sites for hydroxylation is 2. The average Bonchev–Trinajstić information content (AvgIpc) is 2.66. The molecule has 0 aliphatic carbocycles. The first kappa shape index (κ1) is 20.0. The van der Waals surface area contributed by atoms with Gasteiger partial charge < -0.3 is 14.9 Å². The van der Waals surface area contributed by atoms with Crippen LogP contribution in [0.2, 0.25) is 0 Å². The summed E-state index contributed by atoms with van der Waals surface area (Å²) in [5.74, 6) is 0. The van der Waals surface area contributed by atoms with Crippen LogP contribution in [0.3, 0.4) is 0 Å². The van der Waals surface area contributed by atoms with Crippen molar-refractivity contribution in [1.82, 2.24) is 9.97 Å². The number of hydrogen-bond acceptors (Lipinski definition) is 8. The molecule has 0 aliphatic heterocycles. The van der Waals surface area contributed by atoms with Crippen molar-refractivity contribution in [3.05, 3.63) is 59.2 Å². The second-order valence-electron chi connectivity index (χ2n) is 5.89. The zero-order valence-electron chi connectivity index (χ0n) is 15.9. The van der Waals surface area contributed by atoms with Gasteiger partial charge in [-0.3, -0.25) is 9.97 Å². The van der Waals surface area contributed by atoms with Crippen molar-refractivity contribution < 1.29 is 14.9 Å². The predicted octanol–water partition coefficient (Wildman–Crippen LogP) is 3.11. The molecule has 0 radical (unpaired) electrons. The van der Waals surface area contributed by atoms with Crippen LogP contribution in [0.15, 0.2) is 51.9 Å². The van der Waals surface area contributed by atoms with Gasteiger partial charge in [0.2, 0.25) is 0 Å². The van der Waals surface area contributed by atoms with Crippen LogP contribution in [-0.2, 0) is 9.68 Å². The zero-order chi connectivity index (χ0) is 19.6. The Balaban J connectivity index is 1.85. The van der Waals surface area contributed by atoms with Crippen molar-refractivity contribution in [2.24, 2.45) is 15.5 Å². The van der Waals surface area contributed by atoms with E-state index in [4.69, 9.17) is 14.9 Å². The highest BCUT2D eigenvalue weighted by Crippen LogP contribution is 2.02. The molecule has 2 rings (SSSR count). The lowest BCUT2D eigenvalue weighted by Gasteiger charge is -2.05. The summed E-state index contributed by atoms with van der Waals surface area (Å²) in [5.41, 5.74) is 4.72. The summed E-state index contributed by atoms with van der Waals surface area (Å²) in [6, 6.07) is 11.3. The molecule has 1 N–H and O–H groups in total. The largest absolute Gasteiger partial charge is 0.411 e. The van der Waals surface area contributed by atoms with Crippen LogP contribution in [0.25, 0.3) is 0 Å². The molecular formula is C19H23N5O3. The van der Waals surface area contributed by atoms with Gasteiger partial charge in [-0.1, -0.05) is 27.6 Å². The van der Waals surface area contributed by atoms with Gasteiger partial charge in [0.1, 0.15) is 17.1 Å². The summed E-state index contributed by atoms with van der Waals surface area (Å²) in [7, 11) is 0. The number of aromatic nitrogens is 2. The number of hydrogen-bond donors (Lipinski definition) is 1. The van der Waals surface area contributed by atoms with Crippen LogP contribution in [0.4, 0.5) is 0 Å². The van der Waals surface area contributed by atoms with E-state index < -0.39 is 0 Å². The predicted molar refractivity (Wildman–Crippen MR) is 103 cm³/mol. The Hall–Kier alpha value is -3.29. The molecule has 2 heterocycles. The van der Waals surface area contributed by atoms with E-state index in [9.17, 15) is 0 Å². The van der Waals surface area contributed by atoms with Crippen LogP contribution in [0.5, 0.6) is 0 Å². The van der Waals surface area contributed by atoms with E-state index in [2.05, 4.69) is 25.4 Å². The highest BCUT2D eigenvalue weighted by Gasteiger charge is 2.05. The number of rotatable bonds is 8. The molecule has 0 saturated carbocycles. The van der Waals surface area contributed by atoms with Crippen LogP contribution in [0.1, 0.15) is 36.6 Å². The van der Waals surface area contributed by atoms with Crippen LogP contribution >= 0.6 is 0 Å². The molecule has 8 heteroatoms. The van der Waals surface area contributed by atoms with Crippen molar-refractivity contribution >= 4 is 17.1 Å². The molecule has 0 aliphatic rings. The Kier molecular flexibility index (Phi) is 7.42. The molecule has 0 saturated heterocycles. The summed E-state index contributed by atoms with van der Waals surface area (Å²) in [6.45, 7) is 7.32. The Labute approximate surface area is 158 Å². The smallest absolute Gasteiger partial charge is 0.162 e. The third kappa shape index (κ3) is 6.50. The molecule has 2 aromatic heterocycles. The normalized spacial score (nSPS) is 11.9. The fourth-order valence-electron chi connectivity index (χ4n) is 2.09. The average molecular weight is 369 g/mol. The van der Waals surface area contributed by atoms with Gasteiger partial charge in [-0.05, 0) is 52.0 Å². The lowest BCUT2D eigenvalue weighted by Crippen LogP contribution is -2.14. The van der Waals surface area contributed by atoms with Gasteiger partial charge in [0, 0.05) is 11.4 Å². The minimum Gasteiger partial charge on any atom is -0.411 e. The van der Waals surface area contributed by atoms with Crippen molar-refractivity contribution in [3.8, 4) is 0 Å². The Morgan fingerprint density at radius 3 is 1.67 bits per heavy atom. The topological polar surface area (TPSA) is 102 Å². The highest BCUT2D eigenvalue weighted by atomic mass is 16.6. The fraction of sp³-hybridized carbons (Fsp3) is 0.316. The van der Waals surface area contributed by atoms with Crippen LogP contribution < -0.4 is 0 Å². The van der Waals surface area contributed by atoms with E-state index in [1.165, 1.54) is 0 Å². The van der Waals surface area contributed by atoms with E-state index in [1.54, 1.807) is 13.8 Å². The molecule has 0 spiro atoms. The minimum atomic E-state index is -0.0308. The maximum absolute atomic E-state index is 9.07. The van der Waals surface area contributed by atoms with E-state index in [0.717, 1.165) is 22.8 Å². The molecule has 142 valence electrons. The van der Waals surface area contributed by atoms with Crippen molar-refractivity contribution in [1.29, 1.82) is 0 Å². The summed E-state index contributed by atoms with van der Waals surface area (Å²) in [5, 5.41) is 20.2. The van der Waals surface area contributed by atoms with E-state index >= 15 is 0 Å². The molecule has 8 nitrogen and oxygen atoms in total. The van der Waals surface area contributed by atoms with Gasteiger partial charge in [-0.25, -0.2) is 0 Å². The molecule has 0 unspecified atom stereocenters. The van der Waals surface area contributed by atoms with Gasteiger partial charge in [-0.2, -0.15) is 0 Å². The monoisotopic (exact) mass is 369 g/mol. The maximum Gasteiger partial charge on any atom is 0.162 e. The van der Waals surface area contributed by atoms with Gasteiger partial charge in [0.25, 0.3) is 0 Å². The molecule has 0 fully saturated rings. The van der Waals surface area contributed by atoms with Gasteiger partial charge in [-0.15, -0.1) is 0 Å². The molecule has 27 heavy (non-hydrogen) atoms. The highest BCUT2D eigenvalue weighted by molar-refractivity contribution is 5.97. The van der Waals surface area contributed by atoms with E-state index in [-0.39, 0.29) is 18.9 Å². The first-order valence-corrected chi connectivity index (χ1v) is 8.40. The number of oxime groups is 3. The van der Waals surface area contributed by atoms with Crippen molar-refractivity contribution in [3.63, 3.8) is 0 Å². The van der Waals surface area contributed by atoms with Crippen molar-refractivity contribution in [2.45, 2.75) is 27.7 Å². The van der Waals surface area contributed by atoms with Crippen LogP contribution in [0, 0.1) is 13.8 Å². The maximum atomic E-state index is 9.07. The molecular weight excluding hydrogens is 346 g/mol. The number of pyridine rings is 2. The summed E-state index contributed by atoms with van der Waals surface area (Å²) in [6.07, 6.45) is 0. The minimum absolute atomic E-state index is 0.0308. The van der Waals surface area contributed by atoms with Crippen molar-refractivity contribution in [2.75, 3.05) is 13.2 Å². The first-order valence-electron chi connectivity index (χ1n) is 8.40. The van der Waals surface area contributed by atoms with Gasteiger partial charge >= 0.3 is 0 Å². The second-order valence-corrected chi connectivity index (χ2v) is 5.89. The van der Waals surface area contributed by atoms with Crippen LogP contribution in [-0.4, -0.2) is 45.5 Å². The Morgan fingerprint density at radius 2 is 1.30 bits per heavy atom. The lowest BCUT2D eigenvalue weighted by atomic mass is 10.2. The van der Waals surface area contributed by atoms with E-state index in [1.807, 2.05) is 50.2 Å². The summed E-state index contributed by atoms with van der Waals surface area (Å²) < 4.78 is 0. The number of nitrogens with zero attached hydrogens (tertiary/aromatic N) is 5. The first-order chi connectivity index (χ1) is 13.0. The van der Waals surface area contributed by atoms with E-state index in [0.29, 0.717) is 11.4 Å². The lowest BCUT2D eigenvalue weighted by molar-refractivity contribution is 0.152.